The molecule has 0 aliphatic rings. The highest BCUT2D eigenvalue weighted by atomic mass is 19.1. The van der Waals surface area contributed by atoms with Crippen molar-refractivity contribution in [2.24, 2.45) is 14.1 Å². The van der Waals surface area contributed by atoms with Crippen LogP contribution in [0.1, 0.15) is 0 Å². The lowest BCUT2D eigenvalue weighted by Gasteiger charge is -2.10. The van der Waals surface area contributed by atoms with Gasteiger partial charge >= 0.3 is 5.69 Å². The van der Waals surface area contributed by atoms with Crippen molar-refractivity contribution in [2.75, 3.05) is 7.11 Å². The molecule has 0 aliphatic heterocycles. The monoisotopic (exact) mass is 419 g/mol. The molecule has 9 heteroatoms. The normalized spacial score (nSPS) is 11.5. The van der Waals surface area contributed by atoms with E-state index in [4.69, 9.17) is 4.74 Å². The second-order valence-corrected chi connectivity index (χ2v) is 7.22. The molecule has 2 aromatic carbocycles. The summed E-state index contributed by atoms with van der Waals surface area (Å²) in [6.45, 7) is 0. The highest BCUT2D eigenvalue weighted by Gasteiger charge is 2.21. The molecule has 5 aromatic rings. The summed E-state index contributed by atoms with van der Waals surface area (Å²) in [5, 5.41) is 0. The van der Waals surface area contributed by atoms with Crippen LogP contribution in [0, 0.1) is 5.82 Å². The minimum absolute atomic E-state index is 0.274. The fourth-order valence-corrected chi connectivity index (χ4v) is 3.80. The molecule has 0 radical (unpaired) electrons. The Morgan fingerprint density at radius 2 is 1.74 bits per heavy atom. The Hall–Kier alpha value is -4.14. The summed E-state index contributed by atoms with van der Waals surface area (Å²) < 4.78 is 24.8. The van der Waals surface area contributed by atoms with Crippen molar-refractivity contribution in [1.29, 1.82) is 0 Å². The Morgan fingerprint density at radius 1 is 1.00 bits per heavy atom. The second-order valence-electron chi connectivity index (χ2n) is 7.22. The van der Waals surface area contributed by atoms with Gasteiger partial charge < -0.3 is 4.74 Å². The summed E-state index contributed by atoms with van der Waals surface area (Å²) in [6.07, 6.45) is 1.79. The van der Waals surface area contributed by atoms with Gasteiger partial charge in [0.15, 0.2) is 11.2 Å². The van der Waals surface area contributed by atoms with Crippen LogP contribution in [0.25, 0.3) is 33.9 Å². The molecule has 3 aromatic heterocycles. The van der Waals surface area contributed by atoms with Gasteiger partial charge in [0.25, 0.3) is 5.56 Å². The molecular weight excluding hydrogens is 401 g/mol. The number of benzene rings is 2. The number of hydrogen-bond donors (Lipinski definition) is 0. The topological polar surface area (TPSA) is 75.5 Å². The second kappa shape index (κ2) is 6.69. The van der Waals surface area contributed by atoms with Gasteiger partial charge in [0.1, 0.15) is 11.6 Å². The third-order valence-electron chi connectivity index (χ3n) is 5.42. The summed E-state index contributed by atoms with van der Waals surface area (Å²) in [7, 11) is 4.59. The number of rotatable bonds is 3. The van der Waals surface area contributed by atoms with Gasteiger partial charge in [-0.15, -0.1) is 0 Å². The zero-order valence-corrected chi connectivity index (χ0v) is 17.0. The summed E-state index contributed by atoms with van der Waals surface area (Å²) in [4.78, 5) is 29.9. The summed E-state index contributed by atoms with van der Waals surface area (Å²) in [6, 6.07) is 13.5. The van der Waals surface area contributed by atoms with E-state index in [9.17, 15) is 14.0 Å². The summed E-state index contributed by atoms with van der Waals surface area (Å²) in [5.41, 5.74) is 1.86. The predicted molar refractivity (Wildman–Crippen MR) is 114 cm³/mol. The van der Waals surface area contributed by atoms with Crippen molar-refractivity contribution in [1.82, 2.24) is 23.1 Å². The maximum atomic E-state index is 13.6. The minimum atomic E-state index is -0.459. The standard InChI is InChI=1S/C22H18FN5O3/c1-25-19-18(20(29)26(2)22(25)30)27-12-17(13-5-4-6-16(11-13)31-3)28(21(27)24-19)15-9-7-14(23)8-10-15/h4-12H,1-3H3. The van der Waals surface area contributed by atoms with Gasteiger partial charge in [-0.1, -0.05) is 12.1 Å². The molecular formula is C22H18FN5O3. The van der Waals surface area contributed by atoms with Crippen molar-refractivity contribution in [3.05, 3.63) is 81.4 Å². The van der Waals surface area contributed by atoms with Gasteiger partial charge in [-0.05, 0) is 36.4 Å². The molecule has 5 rings (SSSR count). The first-order valence-corrected chi connectivity index (χ1v) is 9.50. The van der Waals surface area contributed by atoms with E-state index in [-0.39, 0.29) is 17.0 Å². The van der Waals surface area contributed by atoms with Gasteiger partial charge in [0.2, 0.25) is 5.78 Å². The number of halogens is 1. The van der Waals surface area contributed by atoms with E-state index >= 15 is 0 Å². The van der Waals surface area contributed by atoms with Gasteiger partial charge in [0, 0.05) is 31.5 Å². The van der Waals surface area contributed by atoms with Gasteiger partial charge in [-0.2, -0.15) is 4.98 Å². The Balaban J connectivity index is 1.95. The molecule has 0 bridgehead atoms. The van der Waals surface area contributed by atoms with Crippen LogP contribution in [-0.4, -0.2) is 30.2 Å². The van der Waals surface area contributed by atoms with Crippen molar-refractivity contribution < 1.29 is 9.13 Å². The lowest BCUT2D eigenvalue weighted by molar-refractivity contribution is 0.415. The highest BCUT2D eigenvalue weighted by molar-refractivity contribution is 5.79. The lowest BCUT2D eigenvalue weighted by Crippen LogP contribution is -2.37. The molecule has 0 aliphatic carbocycles. The maximum Gasteiger partial charge on any atom is 0.332 e. The van der Waals surface area contributed by atoms with Crippen molar-refractivity contribution in [3.63, 3.8) is 0 Å². The number of methoxy groups -OCH3 is 1. The first kappa shape index (κ1) is 18.9. The number of aromatic nitrogens is 5. The number of aryl methyl sites for hydroxylation is 1. The average molecular weight is 419 g/mol. The molecule has 0 fully saturated rings. The molecule has 31 heavy (non-hydrogen) atoms. The molecule has 0 unspecified atom stereocenters. The van der Waals surface area contributed by atoms with Crippen LogP contribution in [-0.2, 0) is 14.1 Å². The van der Waals surface area contributed by atoms with Crippen LogP contribution in [0.3, 0.4) is 0 Å². The number of nitrogens with zero attached hydrogens (tertiary/aromatic N) is 5. The molecule has 156 valence electrons. The molecule has 0 atom stereocenters. The Kier molecular flexibility index (Phi) is 4.07. The SMILES string of the molecule is COc1cccc(-c2cn3c4c(=O)n(C)c(=O)n(C)c4nc3n2-c2ccc(F)cc2)c1. The van der Waals surface area contributed by atoms with Crippen LogP contribution in [0.2, 0.25) is 0 Å². The predicted octanol–water partition coefficient (Wildman–Crippen LogP) is 2.49. The smallest absolute Gasteiger partial charge is 0.332 e. The molecule has 0 saturated heterocycles. The van der Waals surface area contributed by atoms with Crippen LogP contribution in [0.4, 0.5) is 4.39 Å². The quantitative estimate of drug-likeness (QED) is 0.450. The van der Waals surface area contributed by atoms with E-state index in [1.807, 2.05) is 28.8 Å². The van der Waals surface area contributed by atoms with E-state index < -0.39 is 11.2 Å². The van der Waals surface area contributed by atoms with Gasteiger partial charge in [0.05, 0.1) is 12.8 Å². The van der Waals surface area contributed by atoms with E-state index in [1.54, 1.807) is 36.9 Å². The third kappa shape index (κ3) is 2.70. The Morgan fingerprint density at radius 3 is 2.45 bits per heavy atom. The molecule has 8 nitrogen and oxygen atoms in total. The molecule has 0 amide bonds. The first-order chi connectivity index (χ1) is 14.9. The fraction of sp³-hybridized carbons (Fsp3) is 0.136. The minimum Gasteiger partial charge on any atom is -0.497 e. The largest absolute Gasteiger partial charge is 0.497 e. The highest BCUT2D eigenvalue weighted by Crippen LogP contribution is 2.30. The van der Waals surface area contributed by atoms with Crippen molar-refractivity contribution >= 4 is 16.9 Å². The number of fused-ring (bicyclic) bond motifs is 3. The summed E-state index contributed by atoms with van der Waals surface area (Å²) in [5.74, 6) is 0.738. The zero-order valence-electron chi connectivity index (χ0n) is 17.0. The molecule has 0 spiro atoms. The third-order valence-corrected chi connectivity index (χ3v) is 5.42. The van der Waals surface area contributed by atoms with E-state index in [2.05, 4.69) is 4.98 Å². The van der Waals surface area contributed by atoms with E-state index in [0.29, 0.717) is 17.2 Å². The lowest BCUT2D eigenvalue weighted by atomic mass is 10.1. The average Bonchev–Trinajstić information content (AvgIpc) is 3.33. The fourth-order valence-electron chi connectivity index (χ4n) is 3.80. The van der Waals surface area contributed by atoms with Crippen molar-refractivity contribution in [2.45, 2.75) is 0 Å². The van der Waals surface area contributed by atoms with Crippen LogP contribution in [0.5, 0.6) is 5.75 Å². The zero-order chi connectivity index (χ0) is 21.9. The van der Waals surface area contributed by atoms with E-state index in [0.717, 1.165) is 15.8 Å². The van der Waals surface area contributed by atoms with Crippen LogP contribution < -0.4 is 16.0 Å². The van der Waals surface area contributed by atoms with Crippen LogP contribution >= 0.6 is 0 Å². The molecule has 3 heterocycles. The summed E-state index contributed by atoms with van der Waals surface area (Å²) >= 11 is 0. The Labute approximate surface area is 175 Å². The van der Waals surface area contributed by atoms with E-state index in [1.165, 1.54) is 23.7 Å². The number of imidazole rings is 2. The molecule has 0 saturated carbocycles. The molecule has 0 N–H and O–H groups in total. The first-order valence-electron chi connectivity index (χ1n) is 9.50. The number of hydrogen-bond acceptors (Lipinski definition) is 4. The Bertz CT molecular complexity index is 1590. The van der Waals surface area contributed by atoms with Crippen molar-refractivity contribution in [3.8, 4) is 22.7 Å². The van der Waals surface area contributed by atoms with Gasteiger partial charge in [-0.25, -0.2) is 9.18 Å². The van der Waals surface area contributed by atoms with Crippen LogP contribution in [0.15, 0.2) is 64.3 Å². The maximum absolute atomic E-state index is 13.6. The number of ether oxygens (including phenoxy) is 1. The van der Waals surface area contributed by atoms with Gasteiger partial charge in [-0.3, -0.25) is 22.9 Å².